The number of nitrogens with zero attached hydrogens (tertiary/aromatic N) is 3. The summed E-state index contributed by atoms with van der Waals surface area (Å²) >= 11 is 0. The van der Waals surface area contributed by atoms with Crippen molar-refractivity contribution >= 4 is 11.9 Å². The molecule has 22 heavy (non-hydrogen) atoms. The van der Waals surface area contributed by atoms with Crippen molar-refractivity contribution in [1.82, 2.24) is 15.0 Å². The molecule has 1 heterocycles. The Kier molecular flexibility index (Phi) is 4.11. The van der Waals surface area contributed by atoms with Crippen molar-refractivity contribution < 1.29 is 22.0 Å². The Morgan fingerprint density at radius 1 is 0.955 bits per heavy atom. The minimum Gasteiger partial charge on any atom is -0.368 e. The summed E-state index contributed by atoms with van der Waals surface area (Å²) in [6.45, 7) is 0.126. The summed E-state index contributed by atoms with van der Waals surface area (Å²) in [5, 5.41) is 2.52. The highest BCUT2D eigenvalue weighted by Gasteiger charge is 2.61. The van der Waals surface area contributed by atoms with Crippen LogP contribution in [0.25, 0.3) is 0 Å². The van der Waals surface area contributed by atoms with E-state index in [9.17, 15) is 22.0 Å². The van der Waals surface area contributed by atoms with Crippen molar-refractivity contribution in [2.75, 3.05) is 11.1 Å². The zero-order valence-electron chi connectivity index (χ0n) is 10.9. The van der Waals surface area contributed by atoms with Crippen molar-refractivity contribution in [1.29, 1.82) is 0 Å². The van der Waals surface area contributed by atoms with Crippen molar-refractivity contribution in [3.63, 3.8) is 0 Å². The van der Waals surface area contributed by atoms with Gasteiger partial charge in [0.2, 0.25) is 17.7 Å². The molecule has 1 aromatic heterocycles. The van der Waals surface area contributed by atoms with Gasteiger partial charge in [0, 0.05) is 6.54 Å². The lowest BCUT2D eigenvalue weighted by atomic mass is 10.2. The van der Waals surface area contributed by atoms with Gasteiger partial charge in [0.1, 0.15) is 0 Å². The van der Waals surface area contributed by atoms with E-state index in [2.05, 4.69) is 20.3 Å². The van der Waals surface area contributed by atoms with Crippen LogP contribution in [0.1, 0.15) is 11.4 Å². The lowest BCUT2D eigenvalue weighted by Crippen LogP contribution is -2.36. The Hall–Kier alpha value is -2.52. The molecule has 2 rings (SSSR count). The maximum Gasteiger partial charge on any atom is 0.461 e. The van der Waals surface area contributed by atoms with E-state index in [1.807, 2.05) is 0 Å². The summed E-state index contributed by atoms with van der Waals surface area (Å²) in [7, 11) is 0. The third-order valence-corrected chi connectivity index (χ3v) is 2.58. The fourth-order valence-electron chi connectivity index (χ4n) is 1.52. The summed E-state index contributed by atoms with van der Waals surface area (Å²) < 4.78 is 63.4. The second-order valence-electron chi connectivity index (χ2n) is 4.25. The Balaban J connectivity index is 2.24. The smallest absolute Gasteiger partial charge is 0.368 e. The summed E-state index contributed by atoms with van der Waals surface area (Å²) in [6, 6.07) is 8.70. The molecular weight excluding hydrogens is 309 g/mol. The lowest BCUT2D eigenvalue weighted by molar-refractivity contribution is -0.292. The molecule has 0 aliphatic carbocycles. The van der Waals surface area contributed by atoms with Gasteiger partial charge < -0.3 is 11.1 Å². The van der Waals surface area contributed by atoms with Gasteiger partial charge in [-0.25, -0.2) is 0 Å². The van der Waals surface area contributed by atoms with Crippen LogP contribution in [0.5, 0.6) is 0 Å². The second-order valence-corrected chi connectivity index (χ2v) is 4.25. The van der Waals surface area contributed by atoms with Crippen LogP contribution in [0, 0.1) is 0 Å². The summed E-state index contributed by atoms with van der Waals surface area (Å²) in [6.07, 6.45) is -5.82. The van der Waals surface area contributed by atoms with E-state index in [1.165, 1.54) is 0 Å². The minimum absolute atomic E-state index is 0.126. The number of nitrogens with one attached hydrogen (secondary N) is 1. The monoisotopic (exact) mass is 319 g/mol. The molecule has 0 fully saturated rings. The van der Waals surface area contributed by atoms with Gasteiger partial charge in [-0.15, -0.1) is 0 Å². The van der Waals surface area contributed by atoms with Gasteiger partial charge in [0.15, 0.2) is 0 Å². The zero-order chi connectivity index (χ0) is 16.4. The standard InChI is InChI=1S/C12H10F5N5/c13-11(14,12(15,16)17)8-20-9(18)22-10(21-8)19-6-7-4-2-1-3-5-7/h1-5H,6H2,(H3,18,19,20,21,22). The second kappa shape index (κ2) is 5.70. The number of rotatable bonds is 4. The molecule has 0 saturated heterocycles. The molecule has 5 nitrogen and oxygen atoms in total. The number of halogens is 5. The Morgan fingerprint density at radius 3 is 2.18 bits per heavy atom. The number of aromatic nitrogens is 3. The third-order valence-electron chi connectivity index (χ3n) is 2.58. The van der Waals surface area contributed by atoms with E-state index >= 15 is 0 Å². The predicted octanol–water partition coefficient (Wildman–Crippen LogP) is 2.72. The van der Waals surface area contributed by atoms with Crippen molar-refractivity contribution in [3.8, 4) is 0 Å². The fourth-order valence-corrected chi connectivity index (χ4v) is 1.52. The molecule has 0 aliphatic rings. The Bertz CT molecular complexity index is 644. The van der Waals surface area contributed by atoms with Gasteiger partial charge in [0.05, 0.1) is 0 Å². The van der Waals surface area contributed by atoms with E-state index < -0.39 is 29.8 Å². The first-order valence-electron chi connectivity index (χ1n) is 5.94. The topological polar surface area (TPSA) is 76.7 Å². The zero-order valence-corrected chi connectivity index (χ0v) is 10.9. The van der Waals surface area contributed by atoms with E-state index in [0.29, 0.717) is 0 Å². The predicted molar refractivity (Wildman–Crippen MR) is 68.0 cm³/mol. The lowest BCUT2D eigenvalue weighted by Gasteiger charge is -2.18. The molecule has 0 bridgehead atoms. The number of alkyl halides is 5. The molecular formula is C12H10F5N5. The van der Waals surface area contributed by atoms with Crippen molar-refractivity contribution in [2.24, 2.45) is 0 Å². The van der Waals surface area contributed by atoms with E-state index in [4.69, 9.17) is 5.73 Å². The van der Waals surface area contributed by atoms with Crippen LogP contribution in [0.2, 0.25) is 0 Å². The van der Waals surface area contributed by atoms with Gasteiger partial charge in [-0.1, -0.05) is 30.3 Å². The average molecular weight is 319 g/mol. The molecule has 118 valence electrons. The number of benzene rings is 1. The van der Waals surface area contributed by atoms with Crippen LogP contribution < -0.4 is 11.1 Å². The van der Waals surface area contributed by atoms with Gasteiger partial charge >= 0.3 is 12.1 Å². The summed E-state index contributed by atoms with van der Waals surface area (Å²) in [5.41, 5.74) is 5.92. The van der Waals surface area contributed by atoms with Gasteiger partial charge in [-0.2, -0.15) is 36.9 Å². The molecule has 0 aliphatic heterocycles. The summed E-state index contributed by atoms with van der Waals surface area (Å²) in [5.74, 6) is -8.16. The summed E-state index contributed by atoms with van der Waals surface area (Å²) in [4.78, 5) is 9.46. The average Bonchev–Trinajstić information content (AvgIpc) is 2.44. The maximum atomic E-state index is 13.2. The van der Waals surface area contributed by atoms with Crippen LogP contribution in [0.3, 0.4) is 0 Å². The molecule has 1 aromatic carbocycles. The number of hydrogen-bond acceptors (Lipinski definition) is 5. The number of hydrogen-bond donors (Lipinski definition) is 2. The minimum atomic E-state index is -5.82. The third kappa shape index (κ3) is 3.38. The van der Waals surface area contributed by atoms with Gasteiger partial charge in [-0.3, -0.25) is 0 Å². The molecule has 0 unspecified atom stereocenters. The van der Waals surface area contributed by atoms with Crippen molar-refractivity contribution in [3.05, 3.63) is 41.7 Å². The largest absolute Gasteiger partial charge is 0.461 e. The molecule has 2 aromatic rings. The number of anilines is 2. The number of nitrogen functional groups attached to an aromatic ring is 1. The highest BCUT2D eigenvalue weighted by Crippen LogP contribution is 2.42. The van der Waals surface area contributed by atoms with Crippen LogP contribution in [-0.4, -0.2) is 21.1 Å². The maximum absolute atomic E-state index is 13.2. The molecule has 0 spiro atoms. The van der Waals surface area contributed by atoms with Crippen LogP contribution in [-0.2, 0) is 12.5 Å². The van der Waals surface area contributed by atoms with E-state index in [1.54, 1.807) is 30.3 Å². The normalized spacial score (nSPS) is 12.2. The van der Waals surface area contributed by atoms with Gasteiger partial charge in [-0.05, 0) is 5.56 Å². The van der Waals surface area contributed by atoms with Crippen molar-refractivity contribution in [2.45, 2.75) is 18.6 Å². The van der Waals surface area contributed by atoms with Crippen LogP contribution >= 0.6 is 0 Å². The first-order valence-corrected chi connectivity index (χ1v) is 5.94. The molecule has 3 N–H and O–H groups in total. The Morgan fingerprint density at radius 2 is 1.59 bits per heavy atom. The molecule has 0 saturated carbocycles. The highest BCUT2D eigenvalue weighted by atomic mass is 19.4. The molecule has 0 amide bonds. The Labute approximate surface area is 121 Å². The molecule has 10 heteroatoms. The number of nitrogens with two attached hydrogens (primary N) is 1. The van der Waals surface area contributed by atoms with Crippen LogP contribution in [0.4, 0.5) is 33.8 Å². The SMILES string of the molecule is Nc1nc(NCc2ccccc2)nc(C(F)(F)C(F)(F)F)n1. The quantitative estimate of drug-likeness (QED) is 0.847. The van der Waals surface area contributed by atoms with Crippen LogP contribution in [0.15, 0.2) is 30.3 Å². The fraction of sp³-hybridized carbons (Fsp3) is 0.250. The first kappa shape index (κ1) is 15.9. The van der Waals surface area contributed by atoms with E-state index in [0.717, 1.165) is 5.56 Å². The highest BCUT2D eigenvalue weighted by molar-refractivity contribution is 5.33. The van der Waals surface area contributed by atoms with Gasteiger partial charge in [0.25, 0.3) is 0 Å². The molecule has 0 atom stereocenters. The molecule has 0 radical (unpaired) electrons. The first-order chi connectivity index (χ1) is 10.2. The van der Waals surface area contributed by atoms with E-state index in [-0.39, 0.29) is 6.54 Å².